The molecule has 0 aromatic heterocycles. The lowest BCUT2D eigenvalue weighted by Crippen LogP contribution is -2.53. The zero-order chi connectivity index (χ0) is 16.9. The third-order valence-electron chi connectivity index (χ3n) is 3.67. The molecule has 1 fully saturated rings. The molecule has 0 radical (unpaired) electrons. The molecule has 0 atom stereocenters. The van der Waals surface area contributed by atoms with Crippen LogP contribution in [0.5, 0.6) is 0 Å². The Bertz CT molecular complexity index is 856. The van der Waals surface area contributed by atoms with Gasteiger partial charge in [0, 0.05) is 35.5 Å². The van der Waals surface area contributed by atoms with E-state index in [1.807, 2.05) is 12.1 Å². The van der Waals surface area contributed by atoms with Gasteiger partial charge in [0.25, 0.3) is 5.91 Å². The van der Waals surface area contributed by atoms with Crippen LogP contribution in [0.3, 0.4) is 0 Å². The van der Waals surface area contributed by atoms with Crippen molar-refractivity contribution in [1.82, 2.24) is 4.90 Å². The second-order valence-corrected chi connectivity index (χ2v) is 5.56. The van der Waals surface area contributed by atoms with Gasteiger partial charge < -0.3 is 15.7 Å². The van der Waals surface area contributed by atoms with Crippen LogP contribution in [0.25, 0.3) is 0 Å². The van der Waals surface area contributed by atoms with Crippen molar-refractivity contribution in [1.29, 1.82) is 0 Å². The average molecular weight is 316 g/mol. The number of nitrogens with two attached hydrogens (primary N) is 1. The summed E-state index contributed by atoms with van der Waals surface area (Å²) in [4.78, 5) is 13.7. The van der Waals surface area contributed by atoms with Gasteiger partial charge in [-0.3, -0.25) is 4.79 Å². The maximum absolute atomic E-state index is 12.1. The molecule has 0 unspecified atom stereocenters. The molecule has 4 nitrogen and oxygen atoms in total. The van der Waals surface area contributed by atoms with E-state index < -0.39 is 6.10 Å². The van der Waals surface area contributed by atoms with Crippen molar-refractivity contribution in [2.75, 3.05) is 18.8 Å². The summed E-state index contributed by atoms with van der Waals surface area (Å²) >= 11 is 0. The molecule has 2 aromatic carbocycles. The van der Waals surface area contributed by atoms with E-state index in [2.05, 4.69) is 23.7 Å². The van der Waals surface area contributed by atoms with E-state index in [9.17, 15) is 9.90 Å². The minimum atomic E-state index is -0.390. The summed E-state index contributed by atoms with van der Waals surface area (Å²) in [6.07, 6.45) is -0.390. The largest absolute Gasteiger partial charge is 0.399 e. The molecule has 2 aromatic rings. The molecule has 0 bridgehead atoms. The molecule has 1 aliphatic rings. The standard InChI is InChI=1S/C20H16N2O2/c21-18-11-7-16(8-12-18)4-2-1-3-15-5-9-17(10-6-15)20(24)22-13-19(23)14-22/h5-12,19,23H,13-14,21H2. The number of rotatable bonds is 1. The smallest absolute Gasteiger partial charge is 0.254 e. The Morgan fingerprint density at radius 3 is 1.96 bits per heavy atom. The van der Waals surface area contributed by atoms with Gasteiger partial charge in [-0.1, -0.05) is 11.8 Å². The molecule has 0 saturated carbocycles. The van der Waals surface area contributed by atoms with E-state index in [-0.39, 0.29) is 5.91 Å². The summed E-state index contributed by atoms with van der Waals surface area (Å²) in [6.45, 7) is 0.808. The summed E-state index contributed by atoms with van der Waals surface area (Å²) in [5.74, 6) is 11.4. The lowest BCUT2D eigenvalue weighted by atomic mass is 10.1. The van der Waals surface area contributed by atoms with Crippen LogP contribution in [-0.4, -0.2) is 35.1 Å². The Labute approximate surface area is 140 Å². The molecule has 1 aliphatic heterocycles. The van der Waals surface area contributed by atoms with Gasteiger partial charge in [-0.25, -0.2) is 0 Å². The monoisotopic (exact) mass is 316 g/mol. The van der Waals surface area contributed by atoms with E-state index >= 15 is 0 Å². The van der Waals surface area contributed by atoms with Gasteiger partial charge >= 0.3 is 0 Å². The zero-order valence-corrected chi connectivity index (χ0v) is 13.0. The number of amides is 1. The lowest BCUT2D eigenvalue weighted by molar-refractivity contribution is 0.00589. The van der Waals surface area contributed by atoms with Crippen molar-refractivity contribution >= 4 is 11.6 Å². The Morgan fingerprint density at radius 2 is 1.46 bits per heavy atom. The fourth-order valence-electron chi connectivity index (χ4n) is 2.27. The lowest BCUT2D eigenvalue weighted by Gasteiger charge is -2.35. The first-order valence-electron chi connectivity index (χ1n) is 7.57. The second-order valence-electron chi connectivity index (χ2n) is 5.56. The highest BCUT2D eigenvalue weighted by atomic mass is 16.3. The number of β-amino-alcohol motifs (C(OH)–C–C–N with tert-alkyl or cyclic N) is 1. The van der Waals surface area contributed by atoms with Crippen molar-refractivity contribution in [3.05, 3.63) is 65.2 Å². The van der Waals surface area contributed by atoms with Crippen LogP contribution in [-0.2, 0) is 0 Å². The van der Waals surface area contributed by atoms with Crippen LogP contribution < -0.4 is 5.73 Å². The van der Waals surface area contributed by atoms with Crippen molar-refractivity contribution in [2.45, 2.75) is 6.10 Å². The van der Waals surface area contributed by atoms with Crippen LogP contribution in [0.2, 0.25) is 0 Å². The molecular formula is C20H16N2O2. The second kappa shape index (κ2) is 6.91. The molecule has 3 N–H and O–H groups in total. The first-order chi connectivity index (χ1) is 11.6. The van der Waals surface area contributed by atoms with Gasteiger partial charge in [-0.05, 0) is 60.4 Å². The number of benzene rings is 2. The van der Waals surface area contributed by atoms with E-state index in [1.165, 1.54) is 0 Å². The number of hydrogen-bond donors (Lipinski definition) is 2. The van der Waals surface area contributed by atoms with Crippen molar-refractivity contribution < 1.29 is 9.90 Å². The normalized spacial score (nSPS) is 13.1. The quantitative estimate of drug-likeness (QED) is 0.619. The van der Waals surface area contributed by atoms with Gasteiger partial charge in [0.05, 0.1) is 6.10 Å². The zero-order valence-electron chi connectivity index (χ0n) is 13.0. The van der Waals surface area contributed by atoms with Crippen LogP contribution in [0.4, 0.5) is 5.69 Å². The Hall–Kier alpha value is -3.21. The molecule has 1 amide bonds. The summed E-state index contributed by atoms with van der Waals surface area (Å²) in [7, 11) is 0. The average Bonchev–Trinajstić information content (AvgIpc) is 2.57. The van der Waals surface area contributed by atoms with E-state index in [0.29, 0.717) is 24.3 Å². The molecular weight excluding hydrogens is 300 g/mol. The summed E-state index contributed by atoms with van der Waals surface area (Å²) in [5, 5.41) is 9.24. The highest BCUT2D eigenvalue weighted by molar-refractivity contribution is 5.94. The van der Waals surface area contributed by atoms with E-state index in [4.69, 9.17) is 5.73 Å². The van der Waals surface area contributed by atoms with E-state index in [0.717, 1.165) is 11.1 Å². The molecule has 1 saturated heterocycles. The van der Waals surface area contributed by atoms with E-state index in [1.54, 1.807) is 41.3 Å². The Balaban J connectivity index is 1.63. The van der Waals surface area contributed by atoms with Crippen molar-refractivity contribution in [3.63, 3.8) is 0 Å². The SMILES string of the molecule is Nc1ccc(C#CC#Cc2ccc(C(=O)N3CC(O)C3)cc2)cc1. The molecule has 0 spiro atoms. The third-order valence-corrected chi connectivity index (χ3v) is 3.67. The number of nitrogens with zero attached hydrogens (tertiary/aromatic N) is 1. The minimum Gasteiger partial charge on any atom is -0.399 e. The van der Waals surface area contributed by atoms with Crippen LogP contribution >= 0.6 is 0 Å². The number of nitrogen functional groups attached to an aromatic ring is 1. The Kier molecular flexibility index (Phi) is 4.52. The summed E-state index contributed by atoms with van der Waals surface area (Å²) in [5.41, 5.74) is 8.56. The number of carbonyl (C=O) groups is 1. The number of aliphatic hydroxyl groups excluding tert-OH is 1. The predicted octanol–water partition coefficient (Wildman–Crippen LogP) is 1.49. The van der Waals surface area contributed by atoms with Gasteiger partial charge in [0.15, 0.2) is 0 Å². The van der Waals surface area contributed by atoms with Gasteiger partial charge in [0.1, 0.15) is 0 Å². The molecule has 0 aliphatic carbocycles. The maximum Gasteiger partial charge on any atom is 0.254 e. The predicted molar refractivity (Wildman–Crippen MR) is 93.0 cm³/mol. The number of likely N-dealkylation sites (tertiary alicyclic amines) is 1. The fraction of sp³-hybridized carbons (Fsp3) is 0.150. The summed E-state index contributed by atoms with van der Waals surface area (Å²) in [6, 6.07) is 14.3. The molecule has 118 valence electrons. The maximum atomic E-state index is 12.1. The first-order valence-corrected chi connectivity index (χ1v) is 7.57. The Morgan fingerprint density at radius 1 is 0.958 bits per heavy atom. The molecule has 1 heterocycles. The van der Waals surface area contributed by atoms with Crippen LogP contribution in [0.15, 0.2) is 48.5 Å². The number of anilines is 1. The van der Waals surface area contributed by atoms with Gasteiger partial charge in [-0.2, -0.15) is 0 Å². The molecule has 24 heavy (non-hydrogen) atoms. The van der Waals surface area contributed by atoms with Crippen LogP contribution in [0.1, 0.15) is 21.5 Å². The molecule has 4 heteroatoms. The van der Waals surface area contributed by atoms with Crippen LogP contribution in [0, 0.1) is 23.7 Å². The van der Waals surface area contributed by atoms with Crippen molar-refractivity contribution in [2.24, 2.45) is 0 Å². The fourth-order valence-corrected chi connectivity index (χ4v) is 2.27. The number of carbonyl (C=O) groups excluding carboxylic acids is 1. The highest BCUT2D eigenvalue weighted by Gasteiger charge is 2.29. The minimum absolute atomic E-state index is 0.0667. The highest BCUT2D eigenvalue weighted by Crippen LogP contribution is 2.13. The van der Waals surface area contributed by atoms with Gasteiger partial charge in [-0.15, -0.1) is 0 Å². The first kappa shape index (κ1) is 15.7. The summed E-state index contributed by atoms with van der Waals surface area (Å²) < 4.78 is 0. The topological polar surface area (TPSA) is 66.6 Å². The van der Waals surface area contributed by atoms with Gasteiger partial charge in [0.2, 0.25) is 0 Å². The number of aliphatic hydroxyl groups is 1. The molecule has 3 rings (SSSR count). The third kappa shape index (κ3) is 3.76. The number of hydrogen-bond acceptors (Lipinski definition) is 3. The van der Waals surface area contributed by atoms with Crippen molar-refractivity contribution in [3.8, 4) is 23.7 Å².